The number of benzene rings is 2. The van der Waals surface area contributed by atoms with E-state index in [0.717, 1.165) is 44.2 Å². The van der Waals surface area contributed by atoms with Crippen molar-refractivity contribution in [3.8, 4) is 23.0 Å². The molecule has 30 heavy (non-hydrogen) atoms. The molecule has 2 aromatic carbocycles. The number of quaternary nitrogens is 2. The second kappa shape index (κ2) is 9.23. The number of hydrogen-bond donors (Lipinski definition) is 3. The van der Waals surface area contributed by atoms with E-state index in [2.05, 4.69) is 17.4 Å². The topological polar surface area (TPSA) is 74.9 Å². The molecule has 3 N–H and O–H groups in total. The summed E-state index contributed by atoms with van der Waals surface area (Å²) in [6.45, 7) is 5.74. The van der Waals surface area contributed by atoms with E-state index in [1.54, 1.807) is 26.4 Å². The summed E-state index contributed by atoms with van der Waals surface area (Å²) in [5.74, 6) is 2.91. The molecule has 0 aliphatic carbocycles. The van der Waals surface area contributed by atoms with Crippen molar-refractivity contribution in [1.29, 1.82) is 0 Å². The SMILES string of the molecule is COc1ccc(NC(=O)C[NH+]2CC[NH+](Cc3ccc4c(c3)OCO4)CC2)cc1OC. The third-order valence-electron chi connectivity index (χ3n) is 5.63. The van der Waals surface area contributed by atoms with Crippen LogP contribution in [-0.4, -0.2) is 59.6 Å². The summed E-state index contributed by atoms with van der Waals surface area (Å²) < 4.78 is 21.4. The zero-order chi connectivity index (χ0) is 20.9. The van der Waals surface area contributed by atoms with E-state index < -0.39 is 0 Å². The number of carbonyl (C=O) groups excluding carboxylic acids is 1. The summed E-state index contributed by atoms with van der Waals surface area (Å²) >= 11 is 0. The van der Waals surface area contributed by atoms with E-state index in [9.17, 15) is 4.79 Å². The average molecular weight is 415 g/mol. The van der Waals surface area contributed by atoms with Crippen LogP contribution >= 0.6 is 0 Å². The molecule has 0 bridgehead atoms. The van der Waals surface area contributed by atoms with E-state index in [4.69, 9.17) is 18.9 Å². The van der Waals surface area contributed by atoms with Crippen molar-refractivity contribution in [1.82, 2.24) is 0 Å². The highest BCUT2D eigenvalue weighted by atomic mass is 16.7. The van der Waals surface area contributed by atoms with Crippen LogP contribution in [-0.2, 0) is 11.3 Å². The lowest BCUT2D eigenvalue weighted by Gasteiger charge is -2.29. The predicted molar refractivity (Wildman–Crippen MR) is 111 cm³/mol. The predicted octanol–water partition coefficient (Wildman–Crippen LogP) is -0.645. The molecule has 2 aliphatic rings. The van der Waals surface area contributed by atoms with Crippen LogP contribution < -0.4 is 34.1 Å². The highest BCUT2D eigenvalue weighted by molar-refractivity contribution is 5.91. The maximum absolute atomic E-state index is 12.5. The first-order valence-electron chi connectivity index (χ1n) is 10.2. The molecule has 160 valence electrons. The van der Waals surface area contributed by atoms with Crippen molar-refractivity contribution in [3.63, 3.8) is 0 Å². The Kier molecular flexibility index (Phi) is 6.25. The third-order valence-corrected chi connectivity index (χ3v) is 5.63. The minimum Gasteiger partial charge on any atom is -0.493 e. The smallest absolute Gasteiger partial charge is 0.279 e. The van der Waals surface area contributed by atoms with Crippen LogP contribution in [0.4, 0.5) is 5.69 Å². The molecule has 1 fully saturated rings. The zero-order valence-corrected chi connectivity index (χ0v) is 17.5. The Morgan fingerprint density at radius 2 is 1.67 bits per heavy atom. The van der Waals surface area contributed by atoms with Crippen LogP contribution in [0.25, 0.3) is 0 Å². The lowest BCUT2D eigenvalue weighted by Crippen LogP contribution is -3.28. The van der Waals surface area contributed by atoms with Crippen LogP contribution in [0.15, 0.2) is 36.4 Å². The molecule has 0 radical (unpaired) electrons. The van der Waals surface area contributed by atoms with E-state index in [-0.39, 0.29) is 5.91 Å². The van der Waals surface area contributed by atoms with Gasteiger partial charge in [-0.25, -0.2) is 0 Å². The summed E-state index contributed by atoms with van der Waals surface area (Å²) in [5.41, 5.74) is 1.97. The van der Waals surface area contributed by atoms with Gasteiger partial charge in [-0.05, 0) is 30.3 Å². The van der Waals surface area contributed by atoms with Crippen LogP contribution in [0.1, 0.15) is 5.56 Å². The number of ether oxygens (including phenoxy) is 4. The summed E-state index contributed by atoms with van der Waals surface area (Å²) in [5, 5.41) is 2.96. The lowest BCUT2D eigenvalue weighted by molar-refractivity contribution is -1.02. The molecule has 1 amide bonds. The van der Waals surface area contributed by atoms with Crippen LogP contribution in [0.2, 0.25) is 0 Å². The molecular formula is C22H29N3O5+2. The fourth-order valence-electron chi connectivity index (χ4n) is 4.00. The van der Waals surface area contributed by atoms with Crippen molar-refractivity contribution in [3.05, 3.63) is 42.0 Å². The molecule has 8 heteroatoms. The monoisotopic (exact) mass is 415 g/mol. The first-order chi connectivity index (χ1) is 14.6. The van der Waals surface area contributed by atoms with Gasteiger partial charge in [0.1, 0.15) is 32.7 Å². The maximum Gasteiger partial charge on any atom is 0.279 e. The van der Waals surface area contributed by atoms with E-state index in [1.165, 1.54) is 15.4 Å². The average Bonchev–Trinajstić information content (AvgIpc) is 3.23. The molecule has 4 rings (SSSR count). The van der Waals surface area contributed by atoms with Crippen LogP contribution in [0.5, 0.6) is 23.0 Å². The third kappa shape index (κ3) is 4.77. The number of carbonyl (C=O) groups is 1. The summed E-state index contributed by atoms with van der Waals surface area (Å²) in [6, 6.07) is 11.6. The number of piperazine rings is 1. The zero-order valence-electron chi connectivity index (χ0n) is 17.5. The molecule has 2 aliphatic heterocycles. The van der Waals surface area contributed by atoms with Crippen molar-refractivity contribution in [2.24, 2.45) is 0 Å². The largest absolute Gasteiger partial charge is 0.493 e. The van der Waals surface area contributed by atoms with Gasteiger partial charge in [-0.2, -0.15) is 0 Å². The van der Waals surface area contributed by atoms with Gasteiger partial charge in [-0.1, -0.05) is 0 Å². The molecule has 0 aromatic heterocycles. The molecule has 0 unspecified atom stereocenters. The fraction of sp³-hybridized carbons (Fsp3) is 0.409. The van der Waals surface area contributed by atoms with Gasteiger partial charge in [0.25, 0.3) is 5.91 Å². The Morgan fingerprint density at radius 3 is 2.43 bits per heavy atom. The van der Waals surface area contributed by atoms with Crippen molar-refractivity contribution < 1.29 is 33.5 Å². The molecular weight excluding hydrogens is 386 g/mol. The van der Waals surface area contributed by atoms with Gasteiger partial charge in [0.05, 0.1) is 14.2 Å². The Labute approximate surface area is 176 Å². The molecule has 0 spiro atoms. The Bertz CT molecular complexity index is 896. The number of nitrogens with one attached hydrogen (secondary N) is 3. The quantitative estimate of drug-likeness (QED) is 0.561. The first-order valence-corrected chi connectivity index (χ1v) is 10.2. The Morgan fingerprint density at radius 1 is 0.933 bits per heavy atom. The Hall–Kier alpha value is -2.97. The minimum absolute atomic E-state index is 0.0106. The second-order valence-corrected chi connectivity index (χ2v) is 7.66. The van der Waals surface area contributed by atoms with Gasteiger partial charge < -0.3 is 34.1 Å². The van der Waals surface area contributed by atoms with E-state index in [1.807, 2.05) is 12.1 Å². The summed E-state index contributed by atoms with van der Waals surface area (Å²) in [7, 11) is 3.17. The number of anilines is 1. The van der Waals surface area contributed by atoms with E-state index >= 15 is 0 Å². The lowest BCUT2D eigenvalue weighted by atomic mass is 10.1. The molecule has 1 saturated heterocycles. The van der Waals surface area contributed by atoms with Gasteiger partial charge in [0.15, 0.2) is 29.5 Å². The molecule has 2 aromatic rings. The van der Waals surface area contributed by atoms with Gasteiger partial charge in [0.2, 0.25) is 6.79 Å². The summed E-state index contributed by atoms with van der Waals surface area (Å²) in [6.07, 6.45) is 0. The van der Waals surface area contributed by atoms with Crippen LogP contribution in [0, 0.1) is 0 Å². The number of rotatable bonds is 7. The molecule has 0 saturated carbocycles. The number of methoxy groups -OCH3 is 2. The molecule has 8 nitrogen and oxygen atoms in total. The standard InChI is InChI=1S/C22H27N3O5/c1-27-18-6-4-17(12-20(18)28-2)23-22(26)14-25-9-7-24(8-10-25)13-16-3-5-19-21(11-16)30-15-29-19/h3-6,11-12H,7-10,13-15H2,1-2H3,(H,23,26)/p+2. The molecule has 2 heterocycles. The van der Waals surface area contributed by atoms with Gasteiger partial charge in [0, 0.05) is 17.3 Å². The highest BCUT2D eigenvalue weighted by Crippen LogP contribution is 2.32. The van der Waals surface area contributed by atoms with Crippen molar-refractivity contribution in [2.45, 2.75) is 6.54 Å². The number of hydrogen-bond acceptors (Lipinski definition) is 5. The first kappa shape index (κ1) is 20.3. The van der Waals surface area contributed by atoms with Crippen LogP contribution in [0.3, 0.4) is 0 Å². The summed E-state index contributed by atoms with van der Waals surface area (Å²) in [4.78, 5) is 15.3. The van der Waals surface area contributed by atoms with E-state index in [0.29, 0.717) is 30.5 Å². The number of fused-ring (bicyclic) bond motifs is 1. The van der Waals surface area contributed by atoms with Crippen molar-refractivity contribution >= 4 is 11.6 Å². The maximum atomic E-state index is 12.5. The minimum atomic E-state index is 0.0106. The van der Waals surface area contributed by atoms with Crippen molar-refractivity contribution in [2.75, 3.05) is 59.1 Å². The normalized spacial score (nSPS) is 19.9. The van der Waals surface area contributed by atoms with Gasteiger partial charge in [-0.15, -0.1) is 0 Å². The Balaban J connectivity index is 1.24. The van der Waals surface area contributed by atoms with Gasteiger partial charge in [-0.3, -0.25) is 4.79 Å². The fourth-order valence-corrected chi connectivity index (χ4v) is 4.00. The second-order valence-electron chi connectivity index (χ2n) is 7.66. The molecule has 0 atom stereocenters. The number of amides is 1. The van der Waals surface area contributed by atoms with Gasteiger partial charge >= 0.3 is 0 Å². The highest BCUT2D eigenvalue weighted by Gasteiger charge is 2.25.